The van der Waals surface area contributed by atoms with Gasteiger partial charge in [-0.3, -0.25) is 4.79 Å². The highest BCUT2D eigenvalue weighted by Gasteiger charge is 2.06. The molecule has 96 valence electrons. The molecule has 0 unspecified atom stereocenters. The Balaban J connectivity index is 2.24. The van der Waals surface area contributed by atoms with E-state index in [1.807, 2.05) is 12.1 Å². The Morgan fingerprint density at radius 3 is 2.47 bits per heavy atom. The van der Waals surface area contributed by atoms with Crippen LogP contribution in [0.15, 0.2) is 57.5 Å². The van der Waals surface area contributed by atoms with E-state index in [4.69, 9.17) is 0 Å². The van der Waals surface area contributed by atoms with Crippen molar-refractivity contribution in [3.8, 4) is 0 Å². The molecule has 4 heteroatoms. The number of benzene rings is 2. The highest BCUT2D eigenvalue weighted by atomic mass is 79.9. The van der Waals surface area contributed by atoms with Gasteiger partial charge in [-0.05, 0) is 42.0 Å². The Kier molecular flexibility index (Phi) is 4.66. The second kappa shape index (κ2) is 6.26. The number of halogens is 3. The van der Waals surface area contributed by atoms with Crippen LogP contribution in [0.3, 0.4) is 0 Å². The summed E-state index contributed by atoms with van der Waals surface area (Å²) in [4.78, 5) is 12.0. The van der Waals surface area contributed by atoms with Crippen molar-refractivity contribution in [2.75, 3.05) is 0 Å². The first-order valence-electron chi connectivity index (χ1n) is 5.50. The summed E-state index contributed by atoms with van der Waals surface area (Å²) in [5.74, 6) is -0.426. The van der Waals surface area contributed by atoms with E-state index < -0.39 is 0 Å². The van der Waals surface area contributed by atoms with E-state index in [2.05, 4.69) is 31.9 Å². The number of rotatable bonds is 3. The summed E-state index contributed by atoms with van der Waals surface area (Å²) in [7, 11) is 0. The molecule has 0 aromatic heterocycles. The topological polar surface area (TPSA) is 17.1 Å². The van der Waals surface area contributed by atoms with Gasteiger partial charge in [-0.15, -0.1) is 0 Å². The lowest BCUT2D eigenvalue weighted by Gasteiger charge is -2.00. The van der Waals surface area contributed by atoms with Crippen molar-refractivity contribution < 1.29 is 9.18 Å². The molecule has 2 aromatic rings. The van der Waals surface area contributed by atoms with Crippen molar-refractivity contribution >= 4 is 43.7 Å². The van der Waals surface area contributed by atoms with E-state index in [0.29, 0.717) is 10.0 Å². The Morgan fingerprint density at radius 2 is 1.79 bits per heavy atom. The van der Waals surface area contributed by atoms with Gasteiger partial charge in [0.25, 0.3) is 0 Å². The van der Waals surface area contributed by atoms with Gasteiger partial charge < -0.3 is 0 Å². The SMILES string of the molecule is O=C(/C=C/c1ccc(F)cc1Br)c1ccccc1Br. The van der Waals surface area contributed by atoms with Gasteiger partial charge in [0, 0.05) is 14.5 Å². The van der Waals surface area contributed by atoms with Crippen LogP contribution in [-0.2, 0) is 0 Å². The first-order chi connectivity index (χ1) is 9.08. The fourth-order valence-corrected chi connectivity index (χ4v) is 2.52. The molecule has 1 nitrogen and oxygen atoms in total. The monoisotopic (exact) mass is 382 g/mol. The normalized spacial score (nSPS) is 10.9. The third-order valence-corrected chi connectivity index (χ3v) is 3.89. The van der Waals surface area contributed by atoms with Gasteiger partial charge in [-0.2, -0.15) is 0 Å². The number of hydrogen-bond acceptors (Lipinski definition) is 1. The standard InChI is InChI=1S/C15H9Br2FO/c16-13-4-2-1-3-12(13)15(19)8-6-10-5-7-11(18)9-14(10)17/h1-9H/b8-6+. The number of allylic oxidation sites excluding steroid dienone is 1. The number of hydrogen-bond donors (Lipinski definition) is 0. The maximum Gasteiger partial charge on any atom is 0.186 e. The zero-order valence-corrected chi connectivity index (χ0v) is 12.9. The van der Waals surface area contributed by atoms with E-state index in [1.165, 1.54) is 18.2 Å². The van der Waals surface area contributed by atoms with Crippen molar-refractivity contribution in [3.05, 3.63) is 74.4 Å². The summed E-state index contributed by atoms with van der Waals surface area (Å²) >= 11 is 6.59. The van der Waals surface area contributed by atoms with E-state index in [-0.39, 0.29) is 11.6 Å². The molecule has 0 amide bonds. The predicted molar refractivity (Wildman–Crippen MR) is 81.6 cm³/mol. The predicted octanol–water partition coefficient (Wildman–Crippen LogP) is 5.25. The molecule has 0 spiro atoms. The highest BCUT2D eigenvalue weighted by molar-refractivity contribution is 9.10. The molecular formula is C15H9Br2FO. The average molecular weight is 384 g/mol. The quantitative estimate of drug-likeness (QED) is 0.522. The van der Waals surface area contributed by atoms with E-state index in [1.54, 1.807) is 24.3 Å². The minimum Gasteiger partial charge on any atom is -0.289 e. The molecule has 0 heterocycles. The second-order valence-electron chi connectivity index (χ2n) is 3.84. The van der Waals surface area contributed by atoms with E-state index in [0.717, 1.165) is 10.0 Å². The van der Waals surface area contributed by atoms with E-state index in [9.17, 15) is 9.18 Å². The molecule has 0 aliphatic heterocycles. The van der Waals surface area contributed by atoms with Crippen molar-refractivity contribution in [1.82, 2.24) is 0 Å². The van der Waals surface area contributed by atoms with Crippen molar-refractivity contribution in [2.24, 2.45) is 0 Å². The molecule has 0 bridgehead atoms. The van der Waals surface area contributed by atoms with Crippen LogP contribution in [0.5, 0.6) is 0 Å². The summed E-state index contributed by atoms with van der Waals surface area (Å²) in [6.45, 7) is 0. The molecule has 0 fully saturated rings. The van der Waals surface area contributed by atoms with Gasteiger partial charge in [0.15, 0.2) is 5.78 Å². The fraction of sp³-hybridized carbons (Fsp3) is 0. The van der Waals surface area contributed by atoms with Crippen molar-refractivity contribution in [3.63, 3.8) is 0 Å². The zero-order chi connectivity index (χ0) is 13.8. The summed E-state index contributed by atoms with van der Waals surface area (Å²) in [5, 5.41) is 0. The largest absolute Gasteiger partial charge is 0.289 e. The summed E-state index contributed by atoms with van der Waals surface area (Å²) < 4.78 is 14.3. The molecule has 0 atom stereocenters. The van der Waals surface area contributed by atoms with Crippen LogP contribution >= 0.6 is 31.9 Å². The van der Waals surface area contributed by atoms with Crippen LogP contribution in [0.2, 0.25) is 0 Å². The van der Waals surface area contributed by atoms with Gasteiger partial charge in [0.05, 0.1) is 0 Å². The minimum atomic E-state index is -0.318. The van der Waals surface area contributed by atoms with Gasteiger partial charge in [0.2, 0.25) is 0 Å². The Hall–Kier alpha value is -1.26. The van der Waals surface area contributed by atoms with Crippen molar-refractivity contribution in [2.45, 2.75) is 0 Å². The van der Waals surface area contributed by atoms with Crippen molar-refractivity contribution in [1.29, 1.82) is 0 Å². The fourth-order valence-electron chi connectivity index (χ4n) is 1.55. The zero-order valence-electron chi connectivity index (χ0n) is 9.74. The van der Waals surface area contributed by atoms with Gasteiger partial charge >= 0.3 is 0 Å². The summed E-state index contributed by atoms with van der Waals surface area (Å²) in [6, 6.07) is 11.5. The maximum absolute atomic E-state index is 12.9. The average Bonchev–Trinajstić information content (AvgIpc) is 2.38. The molecule has 0 aliphatic carbocycles. The number of carbonyl (C=O) groups excluding carboxylic acids is 1. The number of carbonyl (C=O) groups is 1. The minimum absolute atomic E-state index is 0.108. The Morgan fingerprint density at radius 1 is 1.05 bits per heavy atom. The summed E-state index contributed by atoms with van der Waals surface area (Å²) in [5.41, 5.74) is 1.35. The first kappa shape index (κ1) is 14.2. The lowest BCUT2D eigenvalue weighted by molar-refractivity contribution is 0.104. The first-order valence-corrected chi connectivity index (χ1v) is 7.08. The Bertz CT molecular complexity index is 650. The molecule has 0 saturated carbocycles. The highest BCUT2D eigenvalue weighted by Crippen LogP contribution is 2.21. The molecule has 0 radical (unpaired) electrons. The molecule has 0 saturated heterocycles. The van der Waals surface area contributed by atoms with Gasteiger partial charge in [0.1, 0.15) is 5.82 Å². The second-order valence-corrected chi connectivity index (χ2v) is 5.55. The third kappa shape index (κ3) is 3.61. The van der Waals surface area contributed by atoms with Crippen LogP contribution < -0.4 is 0 Å². The summed E-state index contributed by atoms with van der Waals surface area (Å²) in [6.07, 6.45) is 3.13. The molecule has 2 aromatic carbocycles. The third-order valence-electron chi connectivity index (χ3n) is 2.52. The number of ketones is 1. The van der Waals surface area contributed by atoms with Crippen LogP contribution in [0.4, 0.5) is 4.39 Å². The maximum atomic E-state index is 12.9. The smallest absolute Gasteiger partial charge is 0.186 e. The lowest BCUT2D eigenvalue weighted by atomic mass is 10.1. The lowest BCUT2D eigenvalue weighted by Crippen LogP contribution is -1.95. The van der Waals surface area contributed by atoms with Crippen LogP contribution in [0, 0.1) is 5.82 Å². The van der Waals surface area contributed by atoms with E-state index >= 15 is 0 Å². The van der Waals surface area contributed by atoms with Gasteiger partial charge in [-0.1, -0.05) is 50.1 Å². The molecular weight excluding hydrogens is 375 g/mol. The molecule has 2 rings (SSSR count). The van der Waals surface area contributed by atoms with Crippen LogP contribution in [0.25, 0.3) is 6.08 Å². The molecule has 0 aliphatic rings. The Labute approximate surface area is 127 Å². The molecule has 19 heavy (non-hydrogen) atoms. The van der Waals surface area contributed by atoms with Crippen LogP contribution in [-0.4, -0.2) is 5.78 Å². The van der Waals surface area contributed by atoms with Crippen LogP contribution in [0.1, 0.15) is 15.9 Å². The van der Waals surface area contributed by atoms with Gasteiger partial charge in [-0.25, -0.2) is 4.39 Å². The molecule has 0 N–H and O–H groups in total.